The smallest absolute Gasteiger partial charge is 0.272 e. The molecule has 0 unspecified atom stereocenters. The maximum absolute atomic E-state index is 13.6. The zero-order valence-electron chi connectivity index (χ0n) is 23.7. The van der Waals surface area contributed by atoms with Gasteiger partial charge in [0.2, 0.25) is 5.91 Å². The molecule has 0 aliphatic rings. The zero-order valence-corrected chi connectivity index (χ0v) is 26.2. The van der Waals surface area contributed by atoms with Gasteiger partial charge in [-0.15, -0.1) is 34.4 Å². The fourth-order valence-electron chi connectivity index (χ4n) is 4.51. The molecule has 0 radical (unpaired) electrons. The molecule has 2 heterocycles. The van der Waals surface area contributed by atoms with Gasteiger partial charge in [-0.1, -0.05) is 72.8 Å². The number of nitrogens with zero attached hydrogens (tertiary/aromatic N) is 1. The molecule has 3 amide bonds. The normalized spacial score (nSPS) is 11.2. The fraction of sp³-hybridized carbons (Fsp3) is 0.0286. The van der Waals surface area contributed by atoms with Gasteiger partial charge in [0.05, 0.1) is 16.3 Å². The average Bonchev–Trinajstić information content (AvgIpc) is 3.77. The molecule has 0 atom stereocenters. The highest BCUT2D eigenvalue weighted by Crippen LogP contribution is 2.29. The van der Waals surface area contributed by atoms with E-state index in [2.05, 4.69) is 20.9 Å². The number of thiazole rings is 1. The van der Waals surface area contributed by atoms with Gasteiger partial charge in [0.1, 0.15) is 5.70 Å². The van der Waals surface area contributed by atoms with E-state index in [0.717, 1.165) is 31.8 Å². The van der Waals surface area contributed by atoms with Crippen molar-refractivity contribution in [3.8, 4) is 10.6 Å². The zero-order chi connectivity index (χ0) is 31.0. The van der Waals surface area contributed by atoms with Crippen molar-refractivity contribution in [3.05, 3.63) is 137 Å². The van der Waals surface area contributed by atoms with Crippen LogP contribution in [0.4, 0.5) is 10.8 Å². The van der Waals surface area contributed by atoms with Crippen molar-refractivity contribution in [2.24, 2.45) is 0 Å². The Balaban J connectivity index is 1.15. The number of rotatable bonds is 10. The second kappa shape index (κ2) is 14.2. The number of hydrogen-bond donors (Lipinski definition) is 3. The minimum Gasteiger partial charge on any atom is -0.321 e. The number of amides is 3. The summed E-state index contributed by atoms with van der Waals surface area (Å²) in [6.45, 7) is 0. The standard InChI is InChI=1S/C35H26N4O3S3/c40-32(39-35-38-30(21-45-35)31-17-8-18-43-31)22-44-27-15-7-14-26(20-27)36-34(42)29(37-33(41)24-10-2-1-3-11-24)19-25-13-6-12-23-9-4-5-16-28(23)25/h1-21H,22H2,(H,36,42)(H,37,41)(H,38,39,40)/b29-19+. The lowest BCUT2D eigenvalue weighted by Gasteiger charge is -2.13. The summed E-state index contributed by atoms with van der Waals surface area (Å²) in [7, 11) is 0. The maximum Gasteiger partial charge on any atom is 0.272 e. The Hall–Kier alpha value is -5.03. The molecule has 0 saturated carbocycles. The summed E-state index contributed by atoms with van der Waals surface area (Å²) in [6.07, 6.45) is 1.68. The Kier molecular flexibility index (Phi) is 9.45. The quantitative estimate of drug-likeness (QED) is 0.103. The molecule has 222 valence electrons. The van der Waals surface area contributed by atoms with Crippen LogP contribution in [0, 0.1) is 0 Å². The highest BCUT2D eigenvalue weighted by Gasteiger charge is 2.16. The largest absolute Gasteiger partial charge is 0.321 e. The minimum atomic E-state index is -0.475. The van der Waals surface area contributed by atoms with Crippen molar-refractivity contribution in [1.82, 2.24) is 10.3 Å². The molecule has 2 aromatic heterocycles. The molecule has 0 saturated heterocycles. The van der Waals surface area contributed by atoms with Crippen LogP contribution in [-0.4, -0.2) is 28.5 Å². The second-order valence-electron chi connectivity index (χ2n) is 9.78. The molecule has 7 nitrogen and oxygen atoms in total. The number of fused-ring (bicyclic) bond motifs is 1. The van der Waals surface area contributed by atoms with Crippen LogP contribution in [0.2, 0.25) is 0 Å². The average molecular weight is 647 g/mol. The molecular weight excluding hydrogens is 621 g/mol. The molecule has 0 spiro atoms. The molecule has 0 aliphatic heterocycles. The first-order chi connectivity index (χ1) is 22.0. The Morgan fingerprint density at radius 2 is 1.60 bits per heavy atom. The van der Waals surface area contributed by atoms with Gasteiger partial charge in [0.15, 0.2) is 5.13 Å². The molecule has 0 bridgehead atoms. The van der Waals surface area contributed by atoms with Crippen molar-refractivity contribution in [2.75, 3.05) is 16.4 Å². The topological polar surface area (TPSA) is 100 Å². The van der Waals surface area contributed by atoms with E-state index in [9.17, 15) is 14.4 Å². The first kappa shape index (κ1) is 30.0. The Morgan fingerprint density at radius 3 is 2.44 bits per heavy atom. The van der Waals surface area contributed by atoms with Crippen molar-refractivity contribution in [2.45, 2.75) is 4.90 Å². The van der Waals surface area contributed by atoms with Crippen LogP contribution in [0.15, 0.2) is 131 Å². The predicted molar refractivity (Wildman–Crippen MR) is 186 cm³/mol. The Bertz CT molecular complexity index is 2000. The molecule has 4 aromatic carbocycles. The molecule has 45 heavy (non-hydrogen) atoms. The minimum absolute atomic E-state index is 0.100. The molecule has 0 fully saturated rings. The maximum atomic E-state index is 13.6. The summed E-state index contributed by atoms with van der Waals surface area (Å²) in [5, 5.41) is 15.0. The molecule has 6 rings (SSSR count). The number of benzene rings is 4. The van der Waals surface area contributed by atoms with Crippen LogP contribution in [0.1, 0.15) is 15.9 Å². The van der Waals surface area contributed by atoms with E-state index in [1.54, 1.807) is 59.9 Å². The number of thiophene rings is 1. The number of anilines is 2. The molecule has 6 aromatic rings. The van der Waals surface area contributed by atoms with Crippen molar-refractivity contribution < 1.29 is 14.4 Å². The van der Waals surface area contributed by atoms with Crippen LogP contribution in [0.25, 0.3) is 27.4 Å². The van der Waals surface area contributed by atoms with Crippen molar-refractivity contribution in [1.29, 1.82) is 0 Å². The van der Waals surface area contributed by atoms with Gasteiger partial charge in [0.25, 0.3) is 11.8 Å². The number of hydrogen-bond acceptors (Lipinski definition) is 7. The van der Waals surface area contributed by atoms with Gasteiger partial charge < -0.3 is 16.0 Å². The van der Waals surface area contributed by atoms with Gasteiger partial charge >= 0.3 is 0 Å². The summed E-state index contributed by atoms with van der Waals surface area (Å²) >= 11 is 4.33. The number of thioether (sulfide) groups is 1. The highest BCUT2D eigenvalue weighted by atomic mass is 32.2. The summed E-state index contributed by atoms with van der Waals surface area (Å²) in [5.41, 5.74) is 2.71. The third-order valence-corrected chi connectivity index (χ3v) is 9.28. The second-order valence-corrected chi connectivity index (χ2v) is 12.6. The monoisotopic (exact) mass is 646 g/mol. The van der Waals surface area contributed by atoms with Crippen LogP contribution in [-0.2, 0) is 9.59 Å². The van der Waals surface area contributed by atoms with Crippen molar-refractivity contribution >= 4 is 79.8 Å². The lowest BCUT2D eigenvalue weighted by Crippen LogP contribution is -2.30. The predicted octanol–water partition coefficient (Wildman–Crippen LogP) is 8.17. The first-order valence-electron chi connectivity index (χ1n) is 13.9. The van der Waals surface area contributed by atoms with Crippen LogP contribution in [0.5, 0.6) is 0 Å². The summed E-state index contributed by atoms with van der Waals surface area (Å²) in [4.78, 5) is 45.7. The van der Waals surface area contributed by atoms with Crippen LogP contribution in [0.3, 0.4) is 0 Å². The van der Waals surface area contributed by atoms with E-state index in [4.69, 9.17) is 0 Å². The van der Waals surface area contributed by atoms with Gasteiger partial charge in [-0.25, -0.2) is 4.98 Å². The van der Waals surface area contributed by atoms with E-state index >= 15 is 0 Å². The van der Waals surface area contributed by atoms with Gasteiger partial charge in [-0.2, -0.15) is 0 Å². The van der Waals surface area contributed by atoms with Gasteiger partial charge in [-0.05, 0) is 64.2 Å². The molecule has 10 heteroatoms. The van der Waals surface area contributed by atoms with Crippen molar-refractivity contribution in [3.63, 3.8) is 0 Å². The van der Waals surface area contributed by atoms with Crippen LogP contribution >= 0.6 is 34.4 Å². The number of carbonyl (C=O) groups is 3. The van der Waals surface area contributed by atoms with Crippen LogP contribution < -0.4 is 16.0 Å². The lowest BCUT2D eigenvalue weighted by atomic mass is 10.0. The van der Waals surface area contributed by atoms with E-state index in [-0.39, 0.29) is 17.4 Å². The summed E-state index contributed by atoms with van der Waals surface area (Å²) in [5.74, 6) is -0.872. The van der Waals surface area contributed by atoms with E-state index < -0.39 is 11.8 Å². The number of aromatic nitrogens is 1. The summed E-state index contributed by atoms with van der Waals surface area (Å²) in [6, 6.07) is 33.6. The third-order valence-electron chi connectivity index (χ3n) is 6.64. The fourth-order valence-corrected chi connectivity index (χ4v) is 6.75. The summed E-state index contributed by atoms with van der Waals surface area (Å²) < 4.78 is 0. The Morgan fingerprint density at radius 1 is 0.800 bits per heavy atom. The van der Waals surface area contributed by atoms with Gasteiger partial charge in [0, 0.05) is 21.5 Å². The van der Waals surface area contributed by atoms with E-state index in [1.165, 1.54) is 23.1 Å². The first-order valence-corrected chi connectivity index (χ1v) is 16.7. The lowest BCUT2D eigenvalue weighted by molar-refractivity contribution is -0.114. The molecule has 3 N–H and O–H groups in total. The van der Waals surface area contributed by atoms with E-state index in [1.807, 2.05) is 77.5 Å². The van der Waals surface area contributed by atoms with E-state index in [0.29, 0.717) is 16.4 Å². The number of nitrogens with one attached hydrogen (secondary N) is 3. The number of carbonyl (C=O) groups excluding carboxylic acids is 3. The third kappa shape index (κ3) is 7.74. The molecular formula is C35H26N4O3S3. The Labute approximate surface area is 272 Å². The SMILES string of the molecule is O=C(CSc1cccc(NC(=O)/C(=C\c2cccc3ccccc23)NC(=O)c2ccccc2)c1)Nc1nc(-c2cccs2)cs1. The highest BCUT2D eigenvalue weighted by molar-refractivity contribution is 8.00. The molecule has 0 aliphatic carbocycles. The van der Waals surface area contributed by atoms with Gasteiger partial charge in [-0.3, -0.25) is 14.4 Å².